The summed E-state index contributed by atoms with van der Waals surface area (Å²) in [6, 6.07) is -1.99. The summed E-state index contributed by atoms with van der Waals surface area (Å²) < 4.78 is 70.6. The van der Waals surface area contributed by atoms with Crippen molar-refractivity contribution in [2.45, 2.75) is 100 Å². The molecule has 2 aliphatic heterocycles. The van der Waals surface area contributed by atoms with E-state index in [1.54, 1.807) is 6.92 Å². The Morgan fingerprint density at radius 1 is 0.964 bits per heavy atom. The van der Waals surface area contributed by atoms with Crippen molar-refractivity contribution in [3.05, 3.63) is 22.8 Å². The monoisotopic (exact) mass is 1020 g/mol. The van der Waals surface area contributed by atoms with Crippen LogP contribution in [0, 0.1) is 13.1 Å². The molecule has 0 saturated carbocycles. The smallest absolute Gasteiger partial charge is 0.330 e. The van der Waals surface area contributed by atoms with E-state index in [1.165, 1.54) is 14.0 Å². The summed E-state index contributed by atoms with van der Waals surface area (Å²) in [6.45, 7) is 27.2. The Balaban J connectivity index is 0. The van der Waals surface area contributed by atoms with Gasteiger partial charge < -0.3 is 84.1 Å². The summed E-state index contributed by atoms with van der Waals surface area (Å²) in [7, 11) is -0.345. The summed E-state index contributed by atoms with van der Waals surface area (Å²) >= 11 is 0. The van der Waals surface area contributed by atoms with E-state index >= 15 is 0 Å². The van der Waals surface area contributed by atoms with E-state index in [4.69, 9.17) is 69.9 Å². The SMILES string of the molecule is [B][C@@H]1O[C@](C)(COP(O)OCC[N+]#[C-])C(OP(=C)(OC)OCC[N+]#[C-])[C@@H]1O[Si](C)(C)C(C)(C)C.[B][C@@H]1O[C@](C)(CO[PH](=O)[O-])C(OP(=C)([O-])OC)[C@@H]1O.[Y].[Y]. The number of nitrogens with zero attached hydrogens (tertiary/aromatic N) is 2. The van der Waals surface area contributed by atoms with E-state index in [1.807, 2.05) is 0 Å². The van der Waals surface area contributed by atoms with Crippen LogP contribution in [0.3, 0.4) is 0 Å². The molecule has 0 spiro atoms. The van der Waals surface area contributed by atoms with Gasteiger partial charge in [0.1, 0.15) is 66.7 Å². The second-order valence-electron chi connectivity index (χ2n) is 13.7. The Bertz CT molecular complexity index is 1390. The Morgan fingerprint density at radius 2 is 1.49 bits per heavy atom. The molecule has 0 bridgehead atoms. The molecule has 2 saturated heterocycles. The predicted octanol–water partition coefficient (Wildman–Crippen LogP) is 1.97. The number of hydrogen-bond donors (Lipinski definition) is 2. The van der Waals surface area contributed by atoms with Crippen LogP contribution in [-0.4, -0.2) is 148 Å². The molecule has 55 heavy (non-hydrogen) atoms. The van der Waals surface area contributed by atoms with Crippen LogP contribution in [0.4, 0.5) is 0 Å². The van der Waals surface area contributed by atoms with Gasteiger partial charge in [-0.05, 0) is 38.3 Å². The first-order valence-corrected chi connectivity index (χ1v) is 24.8. The quantitative estimate of drug-likeness (QED) is 0.0773. The van der Waals surface area contributed by atoms with Gasteiger partial charge in [0.2, 0.25) is 13.1 Å². The van der Waals surface area contributed by atoms with Crippen molar-refractivity contribution in [3.63, 3.8) is 0 Å². The number of aliphatic hydroxyl groups excluding tert-OH is 1. The van der Waals surface area contributed by atoms with Gasteiger partial charge in [-0.1, -0.05) is 27.1 Å². The average molecular weight is 1020 g/mol. The largest absolute Gasteiger partial charge is 0.789 e. The van der Waals surface area contributed by atoms with Crippen molar-refractivity contribution in [2.75, 3.05) is 53.7 Å². The van der Waals surface area contributed by atoms with Crippen LogP contribution in [0.5, 0.6) is 0 Å². The van der Waals surface area contributed by atoms with Gasteiger partial charge in [0, 0.05) is 99.2 Å². The summed E-state index contributed by atoms with van der Waals surface area (Å²) in [5.41, 5.74) is -2.56. The number of hydrogen-bond acceptors (Lipinski definition) is 16. The summed E-state index contributed by atoms with van der Waals surface area (Å²) in [6.07, 6.45) is 3.18. The van der Waals surface area contributed by atoms with E-state index in [2.05, 4.69) is 65.2 Å². The fraction of sp³-hybridized carbons (Fsp3) is 0.857. The molecular weight excluding hydrogens is 972 g/mol. The normalized spacial score (nSPS) is 31.2. The first kappa shape index (κ1) is 59.3. The predicted molar refractivity (Wildman–Crippen MR) is 203 cm³/mol. The second kappa shape index (κ2) is 26.0. The van der Waals surface area contributed by atoms with Gasteiger partial charge >= 0.3 is 8.60 Å². The molecule has 12 atom stereocenters. The van der Waals surface area contributed by atoms with E-state index in [0.29, 0.717) is 0 Å². The third-order valence-corrected chi connectivity index (χ3v) is 16.9. The van der Waals surface area contributed by atoms with Crippen molar-refractivity contribution in [1.29, 1.82) is 0 Å². The molecule has 0 amide bonds. The minimum atomic E-state index is -3.66. The minimum Gasteiger partial charge on any atom is -0.789 e. The first-order chi connectivity index (χ1) is 24.3. The summed E-state index contributed by atoms with van der Waals surface area (Å²) in [5, 5.41) is 9.73. The van der Waals surface area contributed by atoms with E-state index in [9.17, 15) is 24.4 Å². The molecule has 2 aliphatic rings. The van der Waals surface area contributed by atoms with Crippen LogP contribution in [0.15, 0.2) is 0 Å². The molecule has 6 radical (unpaired) electrons. The second-order valence-corrected chi connectivity index (χ2v) is 24.1. The fourth-order valence-corrected chi connectivity index (χ4v) is 8.95. The molecule has 2 N–H and O–H groups in total. The van der Waals surface area contributed by atoms with E-state index < -0.39 is 94.5 Å². The summed E-state index contributed by atoms with van der Waals surface area (Å²) in [5.74, 6) is 0. The van der Waals surface area contributed by atoms with Crippen LogP contribution >= 0.6 is 32.0 Å². The molecule has 2 heterocycles. The van der Waals surface area contributed by atoms with Gasteiger partial charge in [-0.15, -0.1) is 0 Å². The standard InChI is InChI=1S/C20H37BN2O8P2Si.C8H16BO8P2.2Y/c1-19(2,3)34(9,10)31-16-17(30-33(8,25-7)28-14-12-23-6)20(4,29-18(16)21)15-27-32(24)26-13-11-22-5;1-8(4-15-18(11)12)6(5(10)7(9)16-8)17-19(3,13)14-2;;/h16-18,24H,8,11-15H2,1-4,7,9-10H3;5-7,10,18H,3-4H2,1-2H3,(H-,11,12,13);;/q;-1;;/p-1/t16-,17?,18+,20+,32?,33?;5-,6?,7+,8+,19?;;/m00../s1. The number of aliphatic hydroxyl groups is 1. The van der Waals surface area contributed by atoms with Gasteiger partial charge in [0.15, 0.2) is 8.32 Å². The zero-order valence-corrected chi connectivity index (χ0v) is 43.1. The van der Waals surface area contributed by atoms with Crippen LogP contribution in [0.25, 0.3) is 9.69 Å². The molecule has 18 nitrogen and oxygen atoms in total. The molecule has 0 aromatic carbocycles. The Labute approximate surface area is 382 Å². The zero-order valence-electron chi connectivity index (χ0n) is 32.8. The topological polar surface area (TPSA) is 214 Å². The molecule has 0 aromatic heterocycles. The molecule has 2 fully saturated rings. The van der Waals surface area contributed by atoms with Crippen molar-refractivity contribution >= 4 is 68.6 Å². The van der Waals surface area contributed by atoms with Crippen molar-refractivity contribution in [2.24, 2.45) is 0 Å². The van der Waals surface area contributed by atoms with Crippen LogP contribution in [0.1, 0.15) is 34.6 Å². The van der Waals surface area contributed by atoms with Gasteiger partial charge in [-0.2, -0.15) is 0 Å². The third kappa shape index (κ3) is 19.0. The maximum atomic E-state index is 11.7. The average Bonchev–Trinajstić information content (AvgIpc) is 3.41. The molecule has 0 aliphatic carbocycles. The Morgan fingerprint density at radius 3 is 1.98 bits per heavy atom. The van der Waals surface area contributed by atoms with Crippen LogP contribution in [0.2, 0.25) is 18.1 Å². The van der Waals surface area contributed by atoms with Gasteiger partial charge in [-0.3, -0.25) is 0 Å². The maximum absolute atomic E-state index is 11.7. The van der Waals surface area contributed by atoms with Gasteiger partial charge in [0.05, 0.1) is 19.3 Å². The molecule has 2 rings (SSSR count). The summed E-state index contributed by atoms with van der Waals surface area (Å²) in [4.78, 5) is 38.7. The third-order valence-electron chi connectivity index (χ3n) is 8.46. The molecular formula is C28H52B2N2O16P4SiY2-2. The van der Waals surface area contributed by atoms with Gasteiger partial charge in [0.25, 0.3) is 7.57 Å². The molecule has 0 aromatic rings. The molecule has 6 unspecified atom stereocenters. The van der Waals surface area contributed by atoms with Crippen molar-refractivity contribution in [1.82, 2.24) is 0 Å². The van der Waals surface area contributed by atoms with Crippen LogP contribution < -0.4 is 9.79 Å². The van der Waals surface area contributed by atoms with E-state index in [-0.39, 0.29) is 103 Å². The minimum absolute atomic E-state index is 0. The van der Waals surface area contributed by atoms with Crippen molar-refractivity contribution in [3.8, 4) is 0 Å². The number of rotatable bonds is 20. The van der Waals surface area contributed by atoms with Crippen molar-refractivity contribution < 1.29 is 140 Å². The van der Waals surface area contributed by atoms with Gasteiger partial charge in [-0.25, -0.2) is 13.1 Å². The Kier molecular flexibility index (Phi) is 28.0. The molecule has 27 heteroatoms. The Hall–Kier alpha value is 2.19. The number of ether oxygens (including phenoxy) is 2. The van der Waals surface area contributed by atoms with Crippen LogP contribution in [-0.2, 0) is 120 Å². The first-order valence-electron chi connectivity index (χ1n) is 16.0. The fourth-order valence-electron chi connectivity index (χ4n) is 4.50. The molecule has 308 valence electrons. The zero-order chi connectivity index (χ0) is 41.1. The van der Waals surface area contributed by atoms with E-state index in [0.717, 1.165) is 7.11 Å². The maximum Gasteiger partial charge on any atom is 0.330 e.